The number of nitrogens with zero attached hydrogens (tertiary/aromatic N) is 2. The Morgan fingerprint density at radius 2 is 2.33 bits per heavy atom. The van der Waals surface area contributed by atoms with Crippen molar-refractivity contribution in [3.63, 3.8) is 0 Å². The van der Waals surface area contributed by atoms with E-state index in [9.17, 15) is 8.42 Å². The third-order valence-electron chi connectivity index (χ3n) is 3.02. The Balaban J connectivity index is 2.24. The lowest BCUT2D eigenvalue weighted by Crippen LogP contribution is -2.44. The Bertz CT molecular complexity index is 648. The number of sulfonamides is 1. The highest BCUT2D eigenvalue weighted by Gasteiger charge is 2.29. The summed E-state index contributed by atoms with van der Waals surface area (Å²) in [4.78, 5) is 4.07. The van der Waals surface area contributed by atoms with Gasteiger partial charge in [-0.1, -0.05) is 11.8 Å². The largest absolute Gasteiger partial charge is 0.395 e. The molecule has 21 heavy (non-hydrogen) atoms. The van der Waals surface area contributed by atoms with Crippen LogP contribution in [-0.4, -0.2) is 55.2 Å². The van der Waals surface area contributed by atoms with Gasteiger partial charge in [0.1, 0.15) is 4.90 Å². The molecular formula is C14H18N2O4S. The summed E-state index contributed by atoms with van der Waals surface area (Å²) in [6.07, 6.45) is 3.06. The number of rotatable bonds is 3. The molecule has 6 nitrogen and oxygen atoms in total. The predicted octanol–water partition coefficient (Wildman–Crippen LogP) is 0.225. The minimum Gasteiger partial charge on any atom is -0.395 e. The van der Waals surface area contributed by atoms with Crippen LogP contribution in [0.4, 0.5) is 0 Å². The van der Waals surface area contributed by atoms with Crippen molar-refractivity contribution < 1.29 is 18.3 Å². The Labute approximate surface area is 124 Å². The van der Waals surface area contributed by atoms with E-state index < -0.39 is 10.0 Å². The lowest BCUT2D eigenvalue weighted by atomic mass is 10.3. The van der Waals surface area contributed by atoms with E-state index in [2.05, 4.69) is 16.8 Å². The van der Waals surface area contributed by atoms with Gasteiger partial charge in [0, 0.05) is 37.5 Å². The van der Waals surface area contributed by atoms with Crippen LogP contribution in [0.3, 0.4) is 0 Å². The Hall–Kier alpha value is -1.46. The highest BCUT2D eigenvalue weighted by molar-refractivity contribution is 7.89. The van der Waals surface area contributed by atoms with Gasteiger partial charge in [0.2, 0.25) is 10.0 Å². The molecule has 1 unspecified atom stereocenters. The fraction of sp³-hybridized carbons (Fsp3) is 0.500. The lowest BCUT2D eigenvalue weighted by Gasteiger charge is -2.30. The fourth-order valence-corrected chi connectivity index (χ4v) is 3.49. The van der Waals surface area contributed by atoms with Crippen LogP contribution in [0.1, 0.15) is 18.9 Å². The van der Waals surface area contributed by atoms with Crippen molar-refractivity contribution in [3.05, 3.63) is 24.0 Å². The van der Waals surface area contributed by atoms with Gasteiger partial charge in [-0.05, 0) is 13.0 Å². The van der Waals surface area contributed by atoms with E-state index in [4.69, 9.17) is 9.84 Å². The molecule has 0 amide bonds. The molecule has 1 aromatic rings. The monoisotopic (exact) mass is 310 g/mol. The van der Waals surface area contributed by atoms with Gasteiger partial charge >= 0.3 is 0 Å². The zero-order chi connectivity index (χ0) is 15.3. The van der Waals surface area contributed by atoms with Gasteiger partial charge < -0.3 is 9.84 Å². The molecule has 114 valence electrons. The minimum absolute atomic E-state index is 0.0237. The molecule has 0 radical (unpaired) electrons. The number of morpholine rings is 1. The van der Waals surface area contributed by atoms with E-state index in [0.29, 0.717) is 31.7 Å². The van der Waals surface area contributed by atoms with E-state index in [1.54, 1.807) is 0 Å². The molecule has 1 aromatic heterocycles. The summed E-state index contributed by atoms with van der Waals surface area (Å²) in [7, 11) is -3.57. The lowest BCUT2D eigenvalue weighted by molar-refractivity contribution is 0.0102. The van der Waals surface area contributed by atoms with Crippen molar-refractivity contribution in [1.29, 1.82) is 0 Å². The second kappa shape index (κ2) is 7.00. The van der Waals surface area contributed by atoms with E-state index >= 15 is 0 Å². The summed E-state index contributed by atoms with van der Waals surface area (Å²) in [6, 6.07) is 1.51. The fourth-order valence-electron chi connectivity index (χ4n) is 2.00. The topological polar surface area (TPSA) is 79.7 Å². The molecule has 1 aliphatic rings. The average Bonchev–Trinajstić information content (AvgIpc) is 2.48. The Kier molecular flexibility index (Phi) is 5.31. The number of aliphatic hydroxyl groups is 1. The van der Waals surface area contributed by atoms with Crippen molar-refractivity contribution in [2.75, 3.05) is 26.3 Å². The van der Waals surface area contributed by atoms with Crippen molar-refractivity contribution >= 4 is 10.0 Å². The van der Waals surface area contributed by atoms with Crippen LogP contribution in [0.15, 0.2) is 23.4 Å². The highest BCUT2D eigenvalue weighted by Crippen LogP contribution is 2.18. The molecule has 1 aliphatic heterocycles. The summed E-state index contributed by atoms with van der Waals surface area (Å²) in [5, 5.41) is 8.69. The zero-order valence-corrected chi connectivity index (χ0v) is 12.6. The molecule has 0 aromatic carbocycles. The summed E-state index contributed by atoms with van der Waals surface area (Å²) >= 11 is 0. The molecule has 1 saturated heterocycles. The molecule has 0 spiro atoms. The van der Waals surface area contributed by atoms with Crippen molar-refractivity contribution in [2.24, 2.45) is 0 Å². The van der Waals surface area contributed by atoms with Crippen LogP contribution in [0.2, 0.25) is 0 Å². The summed E-state index contributed by atoms with van der Waals surface area (Å²) in [5.74, 6) is 5.54. The molecule has 0 aliphatic carbocycles. The normalized spacial score (nSPS) is 19.8. The first-order chi connectivity index (χ1) is 10.0. The van der Waals surface area contributed by atoms with Gasteiger partial charge in [-0.25, -0.2) is 8.42 Å². The minimum atomic E-state index is -3.57. The molecule has 0 bridgehead atoms. The second-order valence-electron chi connectivity index (χ2n) is 4.73. The number of hydrogen-bond donors (Lipinski definition) is 1. The summed E-state index contributed by atoms with van der Waals surface area (Å²) in [5.41, 5.74) is 0.519. The third kappa shape index (κ3) is 4.02. The SMILES string of the molecule is CC1CN(S(=O)(=O)c2cncc(C#CCCO)c2)CCO1. The highest BCUT2D eigenvalue weighted by atomic mass is 32.2. The second-order valence-corrected chi connectivity index (χ2v) is 6.67. The van der Waals surface area contributed by atoms with Gasteiger partial charge in [-0.2, -0.15) is 4.31 Å². The first-order valence-electron chi connectivity index (χ1n) is 6.70. The molecular weight excluding hydrogens is 292 g/mol. The Morgan fingerprint density at radius 3 is 3.05 bits per heavy atom. The number of ether oxygens (including phenoxy) is 1. The standard InChI is InChI=1S/C14H18N2O4S/c1-12-11-16(5-7-20-12)21(18,19)14-8-13(9-15-10-14)4-2-3-6-17/h8-10,12,17H,3,5-7,11H2,1H3. The van der Waals surface area contributed by atoms with Crippen molar-refractivity contribution in [1.82, 2.24) is 9.29 Å². The van der Waals surface area contributed by atoms with Gasteiger partial charge in [0.25, 0.3) is 0 Å². The van der Waals surface area contributed by atoms with Gasteiger partial charge in [-0.15, -0.1) is 0 Å². The van der Waals surface area contributed by atoms with Crippen molar-refractivity contribution in [3.8, 4) is 11.8 Å². The van der Waals surface area contributed by atoms with E-state index in [1.165, 1.54) is 22.8 Å². The molecule has 1 fully saturated rings. The quantitative estimate of drug-likeness (QED) is 0.808. The third-order valence-corrected chi connectivity index (χ3v) is 4.85. The molecule has 1 N–H and O–H groups in total. The van der Waals surface area contributed by atoms with Crippen LogP contribution >= 0.6 is 0 Å². The molecule has 0 saturated carbocycles. The maximum absolute atomic E-state index is 12.6. The summed E-state index contributed by atoms with van der Waals surface area (Å²) < 4.78 is 31.9. The average molecular weight is 310 g/mol. The number of pyridine rings is 1. The summed E-state index contributed by atoms with van der Waals surface area (Å²) in [6.45, 7) is 2.89. The first-order valence-corrected chi connectivity index (χ1v) is 8.14. The Morgan fingerprint density at radius 1 is 1.52 bits per heavy atom. The van der Waals surface area contributed by atoms with Crippen LogP contribution < -0.4 is 0 Å². The van der Waals surface area contributed by atoms with E-state index in [-0.39, 0.29) is 17.6 Å². The maximum Gasteiger partial charge on any atom is 0.244 e. The van der Waals surface area contributed by atoms with E-state index in [0.717, 1.165) is 0 Å². The van der Waals surface area contributed by atoms with Gasteiger partial charge in [0.15, 0.2) is 0 Å². The molecule has 1 atom stereocenters. The zero-order valence-electron chi connectivity index (χ0n) is 11.8. The molecule has 7 heteroatoms. The van der Waals surface area contributed by atoms with Gasteiger partial charge in [-0.3, -0.25) is 4.98 Å². The predicted molar refractivity (Wildman–Crippen MR) is 77.0 cm³/mol. The molecule has 2 rings (SSSR count). The van der Waals surface area contributed by atoms with Crippen LogP contribution in [-0.2, 0) is 14.8 Å². The number of aliphatic hydroxyl groups excluding tert-OH is 1. The smallest absolute Gasteiger partial charge is 0.244 e. The number of hydrogen-bond acceptors (Lipinski definition) is 5. The van der Waals surface area contributed by atoms with Gasteiger partial charge in [0.05, 0.1) is 19.3 Å². The maximum atomic E-state index is 12.6. The van der Waals surface area contributed by atoms with E-state index in [1.807, 2.05) is 6.92 Å². The first kappa shape index (κ1) is 15.9. The number of aromatic nitrogens is 1. The van der Waals surface area contributed by atoms with Crippen LogP contribution in [0.5, 0.6) is 0 Å². The molecule has 2 heterocycles. The van der Waals surface area contributed by atoms with Crippen LogP contribution in [0.25, 0.3) is 0 Å². The van der Waals surface area contributed by atoms with Crippen molar-refractivity contribution in [2.45, 2.75) is 24.3 Å². The van der Waals surface area contributed by atoms with Crippen LogP contribution in [0, 0.1) is 11.8 Å².